The van der Waals surface area contributed by atoms with Crippen LogP contribution in [0.3, 0.4) is 0 Å². The normalized spacial score (nSPS) is 29.7. The predicted octanol–water partition coefficient (Wildman–Crippen LogP) is -0.377. The molecule has 1 aromatic carbocycles. The molecule has 2 N–H and O–H groups in total. The van der Waals surface area contributed by atoms with E-state index in [9.17, 15) is 9.90 Å². The number of carbonyl (C=O) groups is 1. The van der Waals surface area contributed by atoms with E-state index in [1.54, 1.807) is 19.4 Å². The number of carboxylic acids is 1. The van der Waals surface area contributed by atoms with E-state index in [0.717, 1.165) is 42.3 Å². The zero-order chi connectivity index (χ0) is 22.1. The molecule has 33 heavy (non-hydrogen) atoms. The van der Waals surface area contributed by atoms with Crippen molar-refractivity contribution in [2.75, 3.05) is 33.3 Å². The molecule has 5 heterocycles. The Kier molecular flexibility index (Phi) is 7.97. The molecule has 3 saturated heterocycles. The number of ether oxygens (including phenoxy) is 1. The van der Waals surface area contributed by atoms with E-state index >= 15 is 0 Å². The van der Waals surface area contributed by atoms with E-state index in [0.29, 0.717) is 18.2 Å². The van der Waals surface area contributed by atoms with Crippen LogP contribution in [0.25, 0.3) is 0 Å². The van der Waals surface area contributed by atoms with Crippen LogP contribution in [0.2, 0.25) is 0 Å². The Morgan fingerprint density at radius 2 is 2.03 bits per heavy atom. The van der Waals surface area contributed by atoms with Gasteiger partial charge in [-0.25, -0.2) is 4.79 Å². The average molecular weight is 461 g/mol. The minimum atomic E-state index is -0.853. The molecule has 1 aromatic rings. The third-order valence-electron chi connectivity index (χ3n) is 7.44. The number of aliphatic imine (C=N–C) groups is 1. The van der Waals surface area contributed by atoms with E-state index in [4.69, 9.17) is 4.74 Å². The van der Waals surface area contributed by atoms with Gasteiger partial charge in [0.05, 0.1) is 13.0 Å². The maximum Gasteiger partial charge on any atom is 1.00 e. The van der Waals surface area contributed by atoms with Gasteiger partial charge in [-0.05, 0) is 74.2 Å². The number of nitrogens with one attached hydrogen (secondary N) is 1. The van der Waals surface area contributed by atoms with E-state index in [1.807, 2.05) is 12.1 Å². The van der Waals surface area contributed by atoms with Crippen LogP contribution in [-0.2, 0) is 11.3 Å². The van der Waals surface area contributed by atoms with Gasteiger partial charge in [-0.3, -0.25) is 4.99 Å². The minimum absolute atomic E-state index is 0. The maximum atomic E-state index is 12.0. The van der Waals surface area contributed by atoms with Crippen LogP contribution in [0.5, 0.6) is 5.75 Å². The minimum Gasteiger partial charge on any atom is -1.00 e. The Hall–Kier alpha value is -1.64. The van der Waals surface area contributed by atoms with Gasteiger partial charge in [-0.15, -0.1) is 0 Å². The number of nitrogens with zero attached hydrogens (tertiary/aromatic N) is 3. The first-order chi connectivity index (χ1) is 15.6. The van der Waals surface area contributed by atoms with Gasteiger partial charge in [0.2, 0.25) is 0 Å². The van der Waals surface area contributed by atoms with E-state index in [-0.39, 0.29) is 43.1 Å². The van der Waals surface area contributed by atoms with Crippen molar-refractivity contribution < 1.29 is 45.6 Å². The monoisotopic (exact) mass is 460 g/mol. The Labute approximate surface area is 219 Å². The van der Waals surface area contributed by atoms with Crippen LogP contribution in [0.1, 0.15) is 26.3 Å². The zero-order valence-electron chi connectivity index (χ0n) is 20.6. The SMILES string of the molecule is COc1ccc(CN2C=C(CCNC3CN4CCC3CC4)C3C(C(=O)O)=CC=NC32)cc1.[H-].[Na+]. The van der Waals surface area contributed by atoms with Gasteiger partial charge in [0.1, 0.15) is 11.9 Å². The molecule has 3 fully saturated rings. The Bertz CT molecular complexity index is 944. The van der Waals surface area contributed by atoms with Crippen molar-refractivity contribution >= 4 is 12.2 Å². The number of allylic oxidation sites excluding steroid dienone is 1. The van der Waals surface area contributed by atoms with Crippen LogP contribution in [0.4, 0.5) is 0 Å². The van der Waals surface area contributed by atoms with Crippen molar-refractivity contribution in [3.8, 4) is 5.75 Å². The van der Waals surface area contributed by atoms with Crippen LogP contribution < -0.4 is 39.6 Å². The summed E-state index contributed by atoms with van der Waals surface area (Å²) in [5.74, 6) is 0.568. The van der Waals surface area contributed by atoms with E-state index in [1.165, 1.54) is 25.9 Å². The number of aliphatic carboxylic acids is 1. The zero-order valence-corrected chi connectivity index (χ0v) is 21.6. The molecule has 0 spiro atoms. The van der Waals surface area contributed by atoms with Crippen molar-refractivity contribution in [3.63, 3.8) is 0 Å². The van der Waals surface area contributed by atoms with Crippen molar-refractivity contribution in [3.05, 3.63) is 53.3 Å². The fourth-order valence-electron chi connectivity index (χ4n) is 5.70. The molecule has 0 aliphatic carbocycles. The Morgan fingerprint density at radius 1 is 1.27 bits per heavy atom. The second kappa shape index (κ2) is 10.7. The van der Waals surface area contributed by atoms with Gasteiger partial charge < -0.3 is 26.4 Å². The number of fused-ring (bicyclic) bond motifs is 4. The second-order valence-electron chi connectivity index (χ2n) is 9.29. The van der Waals surface area contributed by atoms with Crippen LogP contribution in [-0.4, -0.2) is 72.6 Å². The largest absolute Gasteiger partial charge is 1.00 e. The summed E-state index contributed by atoms with van der Waals surface area (Å²) in [6.07, 6.45) is 8.69. The fourth-order valence-corrected chi connectivity index (χ4v) is 5.70. The second-order valence-corrected chi connectivity index (χ2v) is 9.29. The molecular weight excluding hydrogens is 427 g/mol. The van der Waals surface area contributed by atoms with Gasteiger partial charge in [-0.2, -0.15) is 0 Å². The molecule has 0 amide bonds. The number of benzene rings is 1. The average Bonchev–Trinajstić information content (AvgIpc) is 3.17. The summed E-state index contributed by atoms with van der Waals surface area (Å²) >= 11 is 0. The Morgan fingerprint density at radius 3 is 2.67 bits per heavy atom. The molecule has 0 saturated carbocycles. The van der Waals surface area contributed by atoms with Gasteiger partial charge >= 0.3 is 35.5 Å². The van der Waals surface area contributed by atoms with Gasteiger partial charge in [0.15, 0.2) is 0 Å². The summed E-state index contributed by atoms with van der Waals surface area (Å²) in [6, 6.07) is 8.57. The van der Waals surface area contributed by atoms with E-state index < -0.39 is 5.97 Å². The molecule has 7 nitrogen and oxygen atoms in total. The molecule has 5 aliphatic heterocycles. The molecule has 3 unspecified atom stereocenters. The quantitative estimate of drug-likeness (QED) is 0.516. The molecule has 2 bridgehead atoms. The first kappa shape index (κ1) is 24.5. The summed E-state index contributed by atoms with van der Waals surface area (Å²) in [5.41, 5.74) is 2.74. The van der Waals surface area contributed by atoms with Gasteiger partial charge in [0, 0.05) is 37.1 Å². The summed E-state index contributed by atoms with van der Waals surface area (Å²) < 4.78 is 5.26. The molecular formula is C25H33N4NaO3. The molecule has 172 valence electrons. The number of rotatable bonds is 8. The smallest absolute Gasteiger partial charge is 1.00 e. The third-order valence-corrected chi connectivity index (χ3v) is 7.44. The number of carboxylic acid groups (broad SMARTS) is 1. The van der Waals surface area contributed by atoms with E-state index in [2.05, 4.69) is 38.4 Å². The number of piperidine rings is 3. The number of hydrogen-bond donors (Lipinski definition) is 2. The predicted molar refractivity (Wildman–Crippen MR) is 125 cm³/mol. The molecule has 6 rings (SSSR count). The fraction of sp³-hybridized carbons (Fsp3) is 0.520. The summed E-state index contributed by atoms with van der Waals surface area (Å²) in [4.78, 5) is 21.4. The van der Waals surface area contributed by atoms with Crippen molar-refractivity contribution in [2.24, 2.45) is 16.8 Å². The van der Waals surface area contributed by atoms with Gasteiger partial charge in [-0.1, -0.05) is 12.1 Å². The number of hydrogen-bond acceptors (Lipinski definition) is 6. The van der Waals surface area contributed by atoms with Crippen LogP contribution in [0, 0.1) is 11.8 Å². The first-order valence-electron chi connectivity index (χ1n) is 11.6. The summed E-state index contributed by atoms with van der Waals surface area (Å²) in [5, 5.41) is 13.6. The van der Waals surface area contributed by atoms with Crippen molar-refractivity contribution in [2.45, 2.75) is 38.0 Å². The number of dihydropyridines is 1. The van der Waals surface area contributed by atoms with Crippen molar-refractivity contribution in [1.82, 2.24) is 15.1 Å². The third kappa shape index (κ3) is 5.23. The van der Waals surface area contributed by atoms with Gasteiger partial charge in [0.25, 0.3) is 0 Å². The number of methoxy groups -OCH3 is 1. The van der Waals surface area contributed by atoms with Crippen LogP contribution >= 0.6 is 0 Å². The molecule has 5 aliphatic rings. The standard InChI is InChI=1S/C25H32N4O3.Na.H/c1-32-20-4-2-17(3-5-20)14-29-15-19(23-21(25(30)31)7-11-27-24(23)29)6-10-26-22-16-28-12-8-18(22)9-13-28;;/h2-5,7,11,15,18,22-24,26H,6,8-10,12-14,16H2,1H3,(H,30,31);;/q;+1;-1. The first-order valence-corrected chi connectivity index (χ1v) is 11.6. The Balaban J connectivity index is 0.00000162. The molecule has 0 aromatic heterocycles. The van der Waals surface area contributed by atoms with Crippen molar-refractivity contribution in [1.29, 1.82) is 0 Å². The maximum absolute atomic E-state index is 12.0. The molecule has 8 heteroatoms. The molecule has 0 radical (unpaired) electrons. The topological polar surface area (TPSA) is 77.4 Å². The summed E-state index contributed by atoms with van der Waals surface area (Å²) in [7, 11) is 1.66. The summed E-state index contributed by atoms with van der Waals surface area (Å²) in [6.45, 7) is 5.18. The molecule has 3 atom stereocenters. The van der Waals surface area contributed by atoms with Crippen LogP contribution in [0.15, 0.2) is 52.7 Å².